The van der Waals surface area contributed by atoms with Crippen molar-refractivity contribution in [1.82, 2.24) is 0 Å². The maximum absolute atomic E-state index is 2.42. The Kier molecular flexibility index (Phi) is 3.45. The van der Waals surface area contributed by atoms with Crippen molar-refractivity contribution in [3.8, 4) is 0 Å². The van der Waals surface area contributed by atoms with Crippen molar-refractivity contribution in [3.05, 3.63) is 35.5 Å². The highest BCUT2D eigenvalue weighted by Crippen LogP contribution is 2.34. The smallest absolute Gasteiger partial charge is 0.0158 e. The van der Waals surface area contributed by atoms with Crippen LogP contribution >= 0.6 is 0 Å². The first kappa shape index (κ1) is 10.7. The molecule has 0 amide bonds. The summed E-state index contributed by atoms with van der Waals surface area (Å²) in [5.74, 6) is 1.80. The molecule has 2 aliphatic rings. The molecule has 0 aliphatic heterocycles. The van der Waals surface area contributed by atoms with Gasteiger partial charge in [0.25, 0.3) is 0 Å². The molecule has 0 aromatic carbocycles. The predicted molar refractivity (Wildman–Crippen MR) is 66.7 cm³/mol. The van der Waals surface area contributed by atoms with Gasteiger partial charge >= 0.3 is 0 Å². The fourth-order valence-corrected chi connectivity index (χ4v) is 2.64. The van der Waals surface area contributed by atoms with Gasteiger partial charge in [-0.2, -0.15) is 0 Å². The topological polar surface area (TPSA) is 0 Å². The van der Waals surface area contributed by atoms with E-state index in [0.717, 1.165) is 18.3 Å². The molecule has 0 saturated heterocycles. The van der Waals surface area contributed by atoms with Crippen LogP contribution < -0.4 is 0 Å². The minimum atomic E-state index is 0.844. The van der Waals surface area contributed by atoms with Crippen molar-refractivity contribution in [1.29, 1.82) is 0 Å². The Morgan fingerprint density at radius 2 is 1.73 bits per heavy atom. The normalized spacial score (nSPS) is 31.9. The van der Waals surface area contributed by atoms with E-state index in [1.54, 1.807) is 5.57 Å². The van der Waals surface area contributed by atoms with E-state index in [-0.39, 0.29) is 0 Å². The predicted octanol–water partition coefficient (Wildman–Crippen LogP) is 4.65. The third kappa shape index (κ3) is 2.84. The highest BCUT2D eigenvalue weighted by Gasteiger charge is 2.20. The Morgan fingerprint density at radius 3 is 2.47 bits per heavy atom. The van der Waals surface area contributed by atoms with Crippen LogP contribution in [0.3, 0.4) is 0 Å². The molecule has 15 heavy (non-hydrogen) atoms. The first-order valence-electron chi connectivity index (χ1n) is 6.30. The van der Waals surface area contributed by atoms with Crippen LogP contribution in [0.15, 0.2) is 35.5 Å². The molecule has 0 heterocycles. The number of hydrogen-bond donors (Lipinski definition) is 0. The SMILES string of the molecule is CC1=CCC=C(C2CCC(C)CC2)C=C1. The summed E-state index contributed by atoms with van der Waals surface area (Å²) >= 11 is 0. The monoisotopic (exact) mass is 202 g/mol. The van der Waals surface area contributed by atoms with Crippen molar-refractivity contribution in [2.75, 3.05) is 0 Å². The summed E-state index contributed by atoms with van der Waals surface area (Å²) in [7, 11) is 0. The number of hydrogen-bond acceptors (Lipinski definition) is 0. The standard InChI is InChI=1S/C15H22/c1-12-4-3-5-14(9-6-12)15-10-7-13(2)8-11-15/h4-6,9,13,15H,3,7-8,10-11H2,1-2H3. The van der Waals surface area contributed by atoms with Crippen molar-refractivity contribution in [3.63, 3.8) is 0 Å². The van der Waals surface area contributed by atoms with E-state index in [0.29, 0.717) is 0 Å². The molecule has 1 fully saturated rings. The summed E-state index contributed by atoms with van der Waals surface area (Å²) in [6.07, 6.45) is 16.1. The van der Waals surface area contributed by atoms with Crippen LogP contribution in [-0.4, -0.2) is 0 Å². The Balaban J connectivity index is 2.00. The Labute approximate surface area is 93.8 Å². The molecule has 0 nitrogen and oxygen atoms in total. The summed E-state index contributed by atoms with van der Waals surface area (Å²) in [6, 6.07) is 0. The summed E-state index contributed by atoms with van der Waals surface area (Å²) in [5, 5.41) is 0. The van der Waals surface area contributed by atoms with Crippen LogP contribution in [0.5, 0.6) is 0 Å². The molecule has 0 radical (unpaired) electrons. The van der Waals surface area contributed by atoms with E-state index in [2.05, 4.69) is 38.2 Å². The number of rotatable bonds is 1. The molecule has 0 aromatic rings. The lowest BCUT2D eigenvalue weighted by Crippen LogP contribution is -2.13. The molecular formula is C15H22. The third-order valence-corrected chi connectivity index (χ3v) is 3.82. The van der Waals surface area contributed by atoms with Gasteiger partial charge in [-0.15, -0.1) is 0 Å². The van der Waals surface area contributed by atoms with Crippen molar-refractivity contribution < 1.29 is 0 Å². The second-order valence-corrected chi connectivity index (χ2v) is 5.18. The summed E-state index contributed by atoms with van der Waals surface area (Å²) in [4.78, 5) is 0. The Bertz CT molecular complexity index is 296. The second kappa shape index (κ2) is 4.83. The maximum atomic E-state index is 2.42. The fourth-order valence-electron chi connectivity index (χ4n) is 2.64. The molecule has 0 atom stereocenters. The highest BCUT2D eigenvalue weighted by molar-refractivity contribution is 5.32. The quantitative estimate of drug-likeness (QED) is 0.581. The fraction of sp³-hybridized carbons (Fsp3) is 0.600. The second-order valence-electron chi connectivity index (χ2n) is 5.18. The van der Waals surface area contributed by atoms with Crippen molar-refractivity contribution >= 4 is 0 Å². The van der Waals surface area contributed by atoms with Gasteiger partial charge in [-0.1, -0.05) is 49.6 Å². The van der Waals surface area contributed by atoms with Gasteiger partial charge in [0, 0.05) is 0 Å². The summed E-state index contributed by atoms with van der Waals surface area (Å²) < 4.78 is 0. The number of allylic oxidation sites excluding steroid dienone is 6. The van der Waals surface area contributed by atoms with Gasteiger partial charge in [0.2, 0.25) is 0 Å². The van der Waals surface area contributed by atoms with E-state index >= 15 is 0 Å². The van der Waals surface area contributed by atoms with E-state index < -0.39 is 0 Å². The molecule has 2 aliphatic carbocycles. The van der Waals surface area contributed by atoms with E-state index in [1.807, 2.05) is 0 Å². The zero-order valence-electron chi connectivity index (χ0n) is 10.00. The van der Waals surface area contributed by atoms with E-state index in [4.69, 9.17) is 0 Å². The van der Waals surface area contributed by atoms with Crippen molar-refractivity contribution in [2.45, 2.75) is 46.0 Å². The lowest BCUT2D eigenvalue weighted by molar-refractivity contribution is 0.323. The summed E-state index contributed by atoms with van der Waals surface area (Å²) in [5.41, 5.74) is 3.00. The first-order chi connectivity index (χ1) is 7.25. The Morgan fingerprint density at radius 1 is 1.00 bits per heavy atom. The lowest BCUT2D eigenvalue weighted by atomic mass is 9.79. The van der Waals surface area contributed by atoms with E-state index in [9.17, 15) is 0 Å². The van der Waals surface area contributed by atoms with Gasteiger partial charge in [0.15, 0.2) is 0 Å². The molecule has 2 rings (SSSR count). The van der Waals surface area contributed by atoms with Gasteiger partial charge < -0.3 is 0 Å². The molecule has 0 bridgehead atoms. The highest BCUT2D eigenvalue weighted by atomic mass is 14.2. The van der Waals surface area contributed by atoms with Gasteiger partial charge in [0.1, 0.15) is 0 Å². The molecule has 0 aromatic heterocycles. The van der Waals surface area contributed by atoms with Gasteiger partial charge in [-0.05, 0) is 43.6 Å². The zero-order valence-corrected chi connectivity index (χ0v) is 10.00. The first-order valence-corrected chi connectivity index (χ1v) is 6.30. The molecule has 1 saturated carbocycles. The zero-order chi connectivity index (χ0) is 10.7. The van der Waals surface area contributed by atoms with Crippen LogP contribution in [0.2, 0.25) is 0 Å². The molecule has 0 spiro atoms. The third-order valence-electron chi connectivity index (χ3n) is 3.82. The van der Waals surface area contributed by atoms with Crippen LogP contribution in [-0.2, 0) is 0 Å². The van der Waals surface area contributed by atoms with Gasteiger partial charge in [0.05, 0.1) is 0 Å². The maximum Gasteiger partial charge on any atom is -0.0158 e. The molecule has 0 N–H and O–H groups in total. The van der Waals surface area contributed by atoms with Crippen molar-refractivity contribution in [2.24, 2.45) is 11.8 Å². The van der Waals surface area contributed by atoms with Gasteiger partial charge in [-0.25, -0.2) is 0 Å². The largest absolute Gasteiger partial charge is 0.0778 e. The van der Waals surface area contributed by atoms with E-state index in [1.165, 1.54) is 31.3 Å². The Hall–Kier alpha value is -0.780. The lowest BCUT2D eigenvalue weighted by Gasteiger charge is -2.27. The average molecular weight is 202 g/mol. The average Bonchev–Trinajstić information content (AvgIpc) is 2.44. The van der Waals surface area contributed by atoms with Gasteiger partial charge in [-0.3, -0.25) is 0 Å². The minimum absolute atomic E-state index is 0.844. The summed E-state index contributed by atoms with van der Waals surface area (Å²) in [6.45, 7) is 4.58. The minimum Gasteiger partial charge on any atom is -0.0778 e. The van der Waals surface area contributed by atoms with Crippen LogP contribution in [0.1, 0.15) is 46.0 Å². The molecule has 0 heteroatoms. The van der Waals surface area contributed by atoms with Crippen LogP contribution in [0.4, 0.5) is 0 Å². The van der Waals surface area contributed by atoms with Crippen LogP contribution in [0.25, 0.3) is 0 Å². The molecule has 82 valence electrons. The van der Waals surface area contributed by atoms with Crippen LogP contribution in [0, 0.1) is 11.8 Å². The molecular weight excluding hydrogens is 180 g/mol. The molecule has 0 unspecified atom stereocenters.